The van der Waals surface area contributed by atoms with Gasteiger partial charge in [-0.25, -0.2) is 0 Å². The van der Waals surface area contributed by atoms with Crippen LogP contribution < -0.4 is 17.0 Å². The van der Waals surface area contributed by atoms with Crippen molar-refractivity contribution in [3.05, 3.63) is 7.43 Å². The van der Waals surface area contributed by atoms with Crippen LogP contribution in [0, 0.1) is 7.43 Å². The van der Waals surface area contributed by atoms with Gasteiger partial charge in [0.05, 0.1) is 6.10 Å². The van der Waals surface area contributed by atoms with Crippen LogP contribution in [0.3, 0.4) is 0 Å². The molecule has 1 unspecified atom stereocenters. The van der Waals surface area contributed by atoms with Crippen molar-refractivity contribution < 1.29 is 21.7 Å². The molecule has 1 rings (SSSR count). The van der Waals surface area contributed by atoms with Crippen LogP contribution in [0.4, 0.5) is 0 Å². The Bertz CT molecular complexity index is 46.3. The molecule has 0 aliphatic carbocycles. The smallest absolute Gasteiger partial charge is 1.00 e. The molecule has 0 saturated carbocycles. The summed E-state index contributed by atoms with van der Waals surface area (Å²) in [6.07, 6.45) is 3.08. The van der Waals surface area contributed by atoms with Crippen molar-refractivity contribution in [2.24, 2.45) is 0 Å². The van der Waals surface area contributed by atoms with E-state index >= 15 is 0 Å². The Labute approximate surface area is 84.5 Å². The van der Waals surface area contributed by atoms with Crippen molar-refractivity contribution in [2.45, 2.75) is 25.9 Å². The minimum Gasteiger partial charge on any atom is -1.00 e. The molecule has 1 fully saturated rings. The van der Waals surface area contributed by atoms with Gasteiger partial charge in [-0.15, -0.1) is 0 Å². The predicted molar refractivity (Wildman–Crippen MR) is 36.8 cm³/mol. The van der Waals surface area contributed by atoms with Gasteiger partial charge < -0.3 is 29.1 Å². The van der Waals surface area contributed by atoms with Crippen LogP contribution in [0.25, 0.3) is 0 Å². The Balaban J connectivity index is -0.000000120. The molecule has 3 heteroatoms. The van der Waals surface area contributed by atoms with E-state index in [4.69, 9.17) is 4.74 Å². The Kier molecular flexibility index (Phi) is 17.0. The number of hydrogen-bond donors (Lipinski definition) is 0. The number of halogens is 1. The SMILES string of the molecule is CC1CCCO1.[Br-].[CH3-].[Mg+2]. The van der Waals surface area contributed by atoms with Gasteiger partial charge in [-0.1, -0.05) is 0 Å². The first-order valence-electron chi connectivity index (χ1n) is 2.51. The summed E-state index contributed by atoms with van der Waals surface area (Å²) in [7, 11) is 0. The first-order valence-corrected chi connectivity index (χ1v) is 2.51. The molecule has 0 radical (unpaired) electrons. The van der Waals surface area contributed by atoms with Crippen LogP contribution in [0.2, 0.25) is 0 Å². The molecule has 0 aromatic carbocycles. The molecule has 0 aromatic heterocycles. The second-order valence-electron chi connectivity index (χ2n) is 1.82. The van der Waals surface area contributed by atoms with Crippen LogP contribution in [0.15, 0.2) is 0 Å². The summed E-state index contributed by atoms with van der Waals surface area (Å²) in [5, 5.41) is 0. The third kappa shape index (κ3) is 7.10. The average molecular weight is 205 g/mol. The summed E-state index contributed by atoms with van der Waals surface area (Å²) < 4.78 is 5.15. The minimum absolute atomic E-state index is 0. The van der Waals surface area contributed by atoms with Gasteiger partial charge in [0.15, 0.2) is 0 Å². The van der Waals surface area contributed by atoms with Crippen LogP contribution in [0.5, 0.6) is 0 Å². The van der Waals surface area contributed by atoms with Crippen molar-refractivity contribution >= 4 is 23.1 Å². The van der Waals surface area contributed by atoms with Gasteiger partial charge >= 0.3 is 23.1 Å². The van der Waals surface area contributed by atoms with Gasteiger partial charge in [0.1, 0.15) is 0 Å². The second-order valence-corrected chi connectivity index (χ2v) is 1.82. The summed E-state index contributed by atoms with van der Waals surface area (Å²) in [5.41, 5.74) is 0. The molecule has 0 amide bonds. The van der Waals surface area contributed by atoms with E-state index in [2.05, 4.69) is 6.92 Å². The fraction of sp³-hybridized carbons (Fsp3) is 0.833. The van der Waals surface area contributed by atoms with E-state index in [1.807, 2.05) is 0 Å². The normalized spacial score (nSPS) is 23.0. The van der Waals surface area contributed by atoms with Gasteiger partial charge in [-0.3, -0.25) is 0 Å². The zero-order chi connectivity index (χ0) is 4.41. The maximum absolute atomic E-state index is 5.15. The van der Waals surface area contributed by atoms with Gasteiger partial charge in [0.25, 0.3) is 0 Å². The maximum atomic E-state index is 5.15. The first-order chi connectivity index (χ1) is 2.89. The zero-order valence-corrected chi connectivity index (χ0v) is 9.19. The zero-order valence-electron chi connectivity index (χ0n) is 6.19. The number of rotatable bonds is 0. The van der Waals surface area contributed by atoms with Gasteiger partial charge in [0.2, 0.25) is 0 Å². The molecule has 1 nitrogen and oxygen atoms in total. The topological polar surface area (TPSA) is 9.23 Å². The molecule has 1 atom stereocenters. The third-order valence-corrected chi connectivity index (χ3v) is 1.16. The Morgan fingerprint density at radius 1 is 1.44 bits per heavy atom. The second kappa shape index (κ2) is 9.21. The summed E-state index contributed by atoms with van der Waals surface area (Å²) in [4.78, 5) is 0. The first kappa shape index (κ1) is 16.7. The molecule has 52 valence electrons. The Morgan fingerprint density at radius 3 is 2.11 bits per heavy atom. The van der Waals surface area contributed by atoms with E-state index in [1.165, 1.54) is 12.8 Å². The van der Waals surface area contributed by atoms with Crippen molar-refractivity contribution in [1.29, 1.82) is 0 Å². The Morgan fingerprint density at radius 2 is 2.00 bits per heavy atom. The summed E-state index contributed by atoms with van der Waals surface area (Å²) in [6.45, 7) is 3.11. The molecular formula is C6H13BrMgO. The van der Waals surface area contributed by atoms with Crippen LogP contribution in [-0.2, 0) is 4.74 Å². The van der Waals surface area contributed by atoms with Crippen LogP contribution in [-0.4, -0.2) is 35.8 Å². The summed E-state index contributed by atoms with van der Waals surface area (Å²) in [5.74, 6) is 0. The Hall–Kier alpha value is 1.21. The molecule has 1 aliphatic rings. The predicted octanol–water partition coefficient (Wildman–Crippen LogP) is -1.74. The molecule has 1 saturated heterocycles. The fourth-order valence-corrected chi connectivity index (χ4v) is 0.739. The molecular weight excluding hydrogens is 192 g/mol. The standard InChI is InChI=1S/C5H10O.CH3.BrH.Mg/c1-5-3-2-4-6-5;;;/h5H,2-4H2,1H3;1H3;1H;/q;-1;;+2/p-1. The quantitative estimate of drug-likeness (QED) is 0.337. The van der Waals surface area contributed by atoms with Crippen molar-refractivity contribution in [3.8, 4) is 0 Å². The monoisotopic (exact) mass is 204 g/mol. The molecule has 1 heterocycles. The van der Waals surface area contributed by atoms with Crippen LogP contribution >= 0.6 is 0 Å². The third-order valence-electron chi connectivity index (χ3n) is 1.16. The van der Waals surface area contributed by atoms with E-state index in [9.17, 15) is 0 Å². The van der Waals surface area contributed by atoms with E-state index in [0.717, 1.165) is 6.61 Å². The van der Waals surface area contributed by atoms with Gasteiger partial charge in [0, 0.05) is 6.61 Å². The molecule has 0 aromatic rings. The fourth-order valence-electron chi connectivity index (χ4n) is 0.739. The summed E-state index contributed by atoms with van der Waals surface area (Å²) in [6, 6.07) is 0. The van der Waals surface area contributed by atoms with Crippen molar-refractivity contribution in [2.75, 3.05) is 6.61 Å². The molecule has 0 bridgehead atoms. The van der Waals surface area contributed by atoms with Crippen molar-refractivity contribution in [1.82, 2.24) is 0 Å². The molecule has 1 aliphatic heterocycles. The van der Waals surface area contributed by atoms with E-state index < -0.39 is 0 Å². The molecule has 0 spiro atoms. The van der Waals surface area contributed by atoms with E-state index in [-0.39, 0.29) is 47.5 Å². The largest absolute Gasteiger partial charge is 2.00 e. The average Bonchev–Trinajstić information content (AvgIpc) is 1.86. The van der Waals surface area contributed by atoms with Crippen LogP contribution in [0.1, 0.15) is 19.8 Å². The minimum atomic E-state index is 0. The van der Waals surface area contributed by atoms with Gasteiger partial charge in [-0.05, 0) is 19.8 Å². The van der Waals surface area contributed by atoms with Crippen molar-refractivity contribution in [3.63, 3.8) is 0 Å². The molecule has 9 heavy (non-hydrogen) atoms. The maximum Gasteiger partial charge on any atom is 2.00 e. The van der Waals surface area contributed by atoms with E-state index in [1.54, 1.807) is 0 Å². The van der Waals surface area contributed by atoms with E-state index in [0.29, 0.717) is 6.10 Å². The summed E-state index contributed by atoms with van der Waals surface area (Å²) >= 11 is 0. The number of hydrogen-bond acceptors (Lipinski definition) is 1. The van der Waals surface area contributed by atoms with Gasteiger partial charge in [-0.2, -0.15) is 0 Å². The molecule has 0 N–H and O–H groups in total. The number of ether oxygens (including phenoxy) is 1.